The number of rotatable bonds is 8. The predicted octanol–water partition coefficient (Wildman–Crippen LogP) is 8.31. The molecule has 0 bridgehead atoms. The Bertz CT molecular complexity index is 1640. The SMILES string of the molecule is C=C(C)C/C=C(/c1cccc(F)c1)c1ccc(C(=O)N2CCC(c3nc4ccccc4n3CC3CC3)CC2)cc1C. The lowest BCUT2D eigenvalue weighted by Gasteiger charge is -2.32. The van der Waals surface area contributed by atoms with Crippen molar-refractivity contribution in [2.45, 2.75) is 58.4 Å². The van der Waals surface area contributed by atoms with Gasteiger partial charge in [0.05, 0.1) is 11.0 Å². The van der Waals surface area contributed by atoms with Gasteiger partial charge in [-0.2, -0.15) is 0 Å². The van der Waals surface area contributed by atoms with Crippen LogP contribution < -0.4 is 0 Å². The fourth-order valence-corrected chi connectivity index (χ4v) is 6.09. The Labute approximate surface area is 242 Å². The van der Waals surface area contributed by atoms with E-state index in [9.17, 15) is 9.18 Å². The number of amides is 1. The van der Waals surface area contributed by atoms with Crippen molar-refractivity contribution in [3.05, 3.63) is 119 Å². The zero-order valence-electron chi connectivity index (χ0n) is 24.1. The molecule has 1 aliphatic heterocycles. The fourth-order valence-electron chi connectivity index (χ4n) is 6.09. The van der Waals surface area contributed by atoms with Crippen molar-refractivity contribution in [3.63, 3.8) is 0 Å². The second kappa shape index (κ2) is 11.5. The van der Waals surface area contributed by atoms with E-state index in [2.05, 4.69) is 41.5 Å². The van der Waals surface area contributed by atoms with Crippen LogP contribution >= 0.6 is 0 Å². The number of para-hydroxylation sites is 2. The highest BCUT2D eigenvalue weighted by Crippen LogP contribution is 2.36. The molecule has 210 valence electrons. The van der Waals surface area contributed by atoms with Crippen molar-refractivity contribution in [3.8, 4) is 0 Å². The maximum absolute atomic E-state index is 14.1. The number of aromatic nitrogens is 2. The summed E-state index contributed by atoms with van der Waals surface area (Å²) in [5.41, 5.74) is 7.82. The van der Waals surface area contributed by atoms with Crippen molar-refractivity contribution in [2.75, 3.05) is 13.1 Å². The van der Waals surface area contributed by atoms with Crippen LogP contribution in [0.15, 0.2) is 85.0 Å². The summed E-state index contributed by atoms with van der Waals surface area (Å²) in [6.45, 7) is 10.5. The number of piperidine rings is 1. The first-order chi connectivity index (χ1) is 19.9. The molecule has 0 unspecified atom stereocenters. The highest BCUT2D eigenvalue weighted by Gasteiger charge is 2.30. The van der Waals surface area contributed by atoms with Gasteiger partial charge in [-0.1, -0.05) is 48.6 Å². The van der Waals surface area contributed by atoms with Crippen LogP contribution in [0.2, 0.25) is 0 Å². The van der Waals surface area contributed by atoms with Crippen LogP contribution in [0, 0.1) is 18.7 Å². The van der Waals surface area contributed by atoms with Crippen LogP contribution in [-0.4, -0.2) is 33.4 Å². The number of likely N-dealkylation sites (tertiary alicyclic amines) is 1. The van der Waals surface area contributed by atoms with Gasteiger partial charge in [0.1, 0.15) is 11.6 Å². The minimum Gasteiger partial charge on any atom is -0.339 e. The molecule has 1 saturated heterocycles. The number of carbonyl (C=O) groups excluding carboxylic acids is 1. The molecule has 1 aliphatic carbocycles. The van der Waals surface area contributed by atoms with Crippen molar-refractivity contribution >= 4 is 22.5 Å². The zero-order valence-corrected chi connectivity index (χ0v) is 24.1. The molecule has 4 aromatic rings. The van der Waals surface area contributed by atoms with E-state index in [4.69, 9.17) is 4.98 Å². The monoisotopic (exact) mass is 547 g/mol. The number of halogens is 1. The van der Waals surface area contributed by atoms with Gasteiger partial charge in [0, 0.05) is 31.1 Å². The number of hydrogen-bond donors (Lipinski definition) is 0. The van der Waals surface area contributed by atoms with E-state index >= 15 is 0 Å². The van der Waals surface area contributed by atoms with Gasteiger partial charge in [0.2, 0.25) is 0 Å². The van der Waals surface area contributed by atoms with Crippen LogP contribution in [0.3, 0.4) is 0 Å². The van der Waals surface area contributed by atoms with Crippen molar-refractivity contribution in [1.82, 2.24) is 14.5 Å². The molecule has 1 amide bonds. The van der Waals surface area contributed by atoms with E-state index in [1.54, 1.807) is 12.1 Å². The lowest BCUT2D eigenvalue weighted by atomic mass is 9.91. The van der Waals surface area contributed by atoms with E-state index in [1.807, 2.05) is 43.0 Å². The summed E-state index contributed by atoms with van der Waals surface area (Å²) in [5.74, 6) is 2.14. The van der Waals surface area contributed by atoms with Gasteiger partial charge in [0.15, 0.2) is 0 Å². The third-order valence-electron chi connectivity index (χ3n) is 8.52. The topological polar surface area (TPSA) is 38.1 Å². The molecule has 2 heterocycles. The van der Waals surface area contributed by atoms with E-state index < -0.39 is 0 Å². The maximum atomic E-state index is 14.1. The fraction of sp³-hybridized carbons (Fsp3) is 0.333. The molecule has 0 atom stereocenters. The van der Waals surface area contributed by atoms with Gasteiger partial charge in [-0.05, 0) is 111 Å². The van der Waals surface area contributed by atoms with Crippen LogP contribution in [0.25, 0.3) is 16.6 Å². The average Bonchev–Trinajstić information content (AvgIpc) is 3.72. The van der Waals surface area contributed by atoms with E-state index in [0.29, 0.717) is 17.9 Å². The molecule has 2 fully saturated rings. The smallest absolute Gasteiger partial charge is 0.253 e. The van der Waals surface area contributed by atoms with Crippen LogP contribution in [-0.2, 0) is 6.54 Å². The van der Waals surface area contributed by atoms with Crippen molar-refractivity contribution in [2.24, 2.45) is 5.92 Å². The van der Waals surface area contributed by atoms with Crippen molar-refractivity contribution in [1.29, 1.82) is 0 Å². The number of benzene rings is 3. The first kappa shape index (κ1) is 27.2. The van der Waals surface area contributed by atoms with Gasteiger partial charge in [-0.3, -0.25) is 4.79 Å². The number of carbonyl (C=O) groups is 1. The number of aryl methyl sites for hydroxylation is 1. The molecular formula is C36H38FN3O. The maximum Gasteiger partial charge on any atom is 0.253 e. The summed E-state index contributed by atoms with van der Waals surface area (Å²) in [4.78, 5) is 20.7. The number of hydrogen-bond acceptors (Lipinski definition) is 2. The number of imidazole rings is 1. The quantitative estimate of drug-likeness (QED) is 0.208. The second-order valence-electron chi connectivity index (χ2n) is 11.9. The summed E-state index contributed by atoms with van der Waals surface area (Å²) < 4.78 is 16.5. The minimum atomic E-state index is -0.264. The third-order valence-corrected chi connectivity index (χ3v) is 8.52. The molecule has 2 aliphatic rings. The van der Waals surface area contributed by atoms with Gasteiger partial charge in [-0.15, -0.1) is 0 Å². The summed E-state index contributed by atoms with van der Waals surface area (Å²) in [6.07, 6.45) is 7.26. The normalized spacial score (nSPS) is 16.4. The van der Waals surface area contributed by atoms with Crippen LogP contribution in [0.5, 0.6) is 0 Å². The summed E-state index contributed by atoms with van der Waals surface area (Å²) >= 11 is 0. The molecule has 0 spiro atoms. The largest absolute Gasteiger partial charge is 0.339 e. The molecular weight excluding hydrogens is 509 g/mol. The summed E-state index contributed by atoms with van der Waals surface area (Å²) in [5, 5.41) is 0. The molecule has 0 radical (unpaired) electrons. The predicted molar refractivity (Wildman–Crippen MR) is 164 cm³/mol. The minimum absolute atomic E-state index is 0.0720. The zero-order chi connectivity index (χ0) is 28.5. The van der Waals surface area contributed by atoms with E-state index in [1.165, 1.54) is 30.2 Å². The molecule has 1 aromatic heterocycles. The molecule has 1 saturated carbocycles. The molecule has 0 N–H and O–H groups in total. The Morgan fingerprint density at radius 1 is 1.00 bits per heavy atom. The first-order valence-corrected chi connectivity index (χ1v) is 14.8. The summed E-state index contributed by atoms with van der Waals surface area (Å²) in [6, 6.07) is 21.0. The lowest BCUT2D eigenvalue weighted by Crippen LogP contribution is -2.38. The first-order valence-electron chi connectivity index (χ1n) is 14.8. The molecule has 41 heavy (non-hydrogen) atoms. The number of allylic oxidation sites excluding steroid dienone is 2. The third kappa shape index (κ3) is 5.90. The molecule has 3 aromatic carbocycles. The molecule has 5 heteroatoms. The van der Waals surface area contributed by atoms with E-state index in [0.717, 1.165) is 71.7 Å². The highest BCUT2D eigenvalue weighted by atomic mass is 19.1. The van der Waals surface area contributed by atoms with Crippen molar-refractivity contribution < 1.29 is 9.18 Å². The Balaban J connectivity index is 1.19. The molecule has 6 rings (SSSR count). The van der Waals surface area contributed by atoms with Gasteiger partial charge < -0.3 is 9.47 Å². The standard InChI is InChI=1S/C36H38FN3O/c1-24(2)11-15-32(28-7-6-8-30(37)22-28)31-16-14-29(21-25(31)3)36(41)39-19-17-27(18-20-39)35-38-33-9-4-5-10-34(33)40(35)23-26-12-13-26/h4-10,14-16,21-22,26-27H,1,11-13,17-20,23H2,2-3H3/b32-15-. The summed E-state index contributed by atoms with van der Waals surface area (Å²) in [7, 11) is 0. The lowest BCUT2D eigenvalue weighted by molar-refractivity contribution is 0.0710. The number of fused-ring (bicyclic) bond motifs is 1. The van der Waals surface area contributed by atoms with Gasteiger partial charge in [0.25, 0.3) is 5.91 Å². The average molecular weight is 548 g/mol. The number of nitrogens with zero attached hydrogens (tertiary/aromatic N) is 3. The second-order valence-corrected chi connectivity index (χ2v) is 11.9. The molecule has 4 nitrogen and oxygen atoms in total. The van der Waals surface area contributed by atoms with Gasteiger partial charge >= 0.3 is 0 Å². The highest BCUT2D eigenvalue weighted by molar-refractivity contribution is 5.95. The van der Waals surface area contributed by atoms with Crippen LogP contribution in [0.4, 0.5) is 4.39 Å². The van der Waals surface area contributed by atoms with E-state index in [-0.39, 0.29) is 11.7 Å². The van der Waals surface area contributed by atoms with Gasteiger partial charge in [-0.25, -0.2) is 9.37 Å². The Kier molecular flexibility index (Phi) is 7.61. The Morgan fingerprint density at radius 2 is 1.78 bits per heavy atom. The Hall–Kier alpha value is -3.99. The Morgan fingerprint density at radius 3 is 2.49 bits per heavy atom. The van der Waals surface area contributed by atoms with Crippen LogP contribution in [0.1, 0.15) is 77.8 Å².